The van der Waals surface area contributed by atoms with Gasteiger partial charge in [-0.15, -0.1) is 0 Å². The topological polar surface area (TPSA) is 0 Å². The Morgan fingerprint density at radius 3 is 2.56 bits per heavy atom. The first-order valence-corrected chi connectivity index (χ1v) is 4.34. The second kappa shape index (κ2) is 3.01. The van der Waals surface area contributed by atoms with Crippen LogP contribution < -0.4 is 0 Å². The predicted molar refractivity (Wildman–Crippen MR) is 51.3 cm³/mol. The van der Waals surface area contributed by atoms with E-state index < -0.39 is 0 Å². The van der Waals surface area contributed by atoms with E-state index in [0.717, 1.165) is 10.0 Å². The first-order chi connectivity index (χ1) is 4.20. The lowest BCUT2D eigenvalue weighted by Crippen LogP contribution is -1.76. The van der Waals surface area contributed by atoms with Gasteiger partial charge in [0.25, 0.3) is 0 Å². The monoisotopic (exact) mass is 295 g/mol. The zero-order valence-electron chi connectivity index (χ0n) is 4.70. The maximum Gasteiger partial charge on any atom is 0.0185 e. The van der Waals surface area contributed by atoms with Crippen molar-refractivity contribution in [2.24, 2.45) is 0 Å². The second-order valence-corrected chi connectivity index (χ2v) is 3.81. The Morgan fingerprint density at radius 1 is 1.44 bits per heavy atom. The molecule has 0 saturated carbocycles. The lowest BCUT2D eigenvalue weighted by molar-refractivity contribution is 1.52. The Hall–Kier alpha value is 0.430. The van der Waals surface area contributed by atoms with E-state index in [0.29, 0.717) is 0 Å². The minimum absolute atomic E-state index is 1.08. The average molecular weight is 296 g/mol. The van der Waals surface area contributed by atoms with E-state index >= 15 is 0 Å². The van der Waals surface area contributed by atoms with Crippen LogP contribution in [-0.2, 0) is 0 Å². The van der Waals surface area contributed by atoms with Gasteiger partial charge in [0, 0.05) is 8.04 Å². The molecule has 0 saturated heterocycles. The van der Waals surface area contributed by atoms with Gasteiger partial charge in [-0.05, 0) is 47.2 Å². The van der Waals surface area contributed by atoms with Crippen molar-refractivity contribution >= 4 is 38.5 Å². The van der Waals surface area contributed by atoms with E-state index in [1.165, 1.54) is 3.57 Å². The van der Waals surface area contributed by atoms with E-state index in [1.807, 2.05) is 18.2 Å². The highest BCUT2D eigenvalue weighted by molar-refractivity contribution is 14.1. The molecule has 2 heteroatoms. The highest BCUT2D eigenvalue weighted by atomic mass is 127. The van der Waals surface area contributed by atoms with Gasteiger partial charge in [-0.1, -0.05) is 22.0 Å². The number of hydrogen-bond acceptors (Lipinski definition) is 0. The largest absolute Gasteiger partial charge is 0.0569 e. The van der Waals surface area contributed by atoms with Gasteiger partial charge in [0.05, 0.1) is 0 Å². The van der Waals surface area contributed by atoms with Crippen molar-refractivity contribution in [1.29, 1.82) is 0 Å². The molecule has 0 spiro atoms. The lowest BCUT2D eigenvalue weighted by atomic mass is 10.2. The zero-order chi connectivity index (χ0) is 6.85. The number of hydrogen-bond donors (Lipinski definition) is 0. The third-order valence-electron chi connectivity index (χ3n) is 1.02. The molecule has 0 amide bonds. The minimum Gasteiger partial charge on any atom is -0.0569 e. The van der Waals surface area contributed by atoms with Crippen molar-refractivity contribution < 1.29 is 0 Å². The standard InChI is InChI=1S/C7H5BrI/c1-5-2-3-6(8)4-7(5)9/h2-4H,1H2. The lowest BCUT2D eigenvalue weighted by Gasteiger charge is -1.95. The van der Waals surface area contributed by atoms with Gasteiger partial charge >= 0.3 is 0 Å². The molecule has 0 aliphatic rings. The van der Waals surface area contributed by atoms with Crippen LogP contribution in [0.5, 0.6) is 0 Å². The molecule has 0 aromatic heterocycles. The van der Waals surface area contributed by atoms with Crippen LogP contribution in [0.4, 0.5) is 0 Å². The van der Waals surface area contributed by atoms with Crippen LogP contribution in [0.25, 0.3) is 0 Å². The van der Waals surface area contributed by atoms with Crippen molar-refractivity contribution in [2.75, 3.05) is 0 Å². The molecular formula is C7H5BrI. The molecule has 0 aliphatic carbocycles. The van der Waals surface area contributed by atoms with E-state index in [1.54, 1.807) is 0 Å². The fourth-order valence-corrected chi connectivity index (χ4v) is 1.83. The van der Waals surface area contributed by atoms with E-state index in [-0.39, 0.29) is 0 Å². The van der Waals surface area contributed by atoms with Gasteiger partial charge < -0.3 is 0 Å². The van der Waals surface area contributed by atoms with Crippen molar-refractivity contribution in [2.45, 2.75) is 0 Å². The summed E-state index contributed by atoms with van der Waals surface area (Å²) in [6, 6.07) is 6.03. The number of benzene rings is 1. The first-order valence-electron chi connectivity index (χ1n) is 2.47. The maximum atomic E-state index is 3.83. The Labute approximate surface area is 76.9 Å². The van der Waals surface area contributed by atoms with Gasteiger partial charge in [-0.25, -0.2) is 0 Å². The Bertz CT molecular complexity index is 220. The summed E-state index contributed by atoms with van der Waals surface area (Å²) in [5, 5.41) is 0. The molecule has 0 aliphatic heterocycles. The smallest absolute Gasteiger partial charge is 0.0185 e. The Morgan fingerprint density at radius 2 is 2.11 bits per heavy atom. The zero-order valence-corrected chi connectivity index (χ0v) is 8.44. The van der Waals surface area contributed by atoms with Crippen LogP contribution in [0.3, 0.4) is 0 Å². The Balaban J connectivity index is 3.17. The molecule has 0 bridgehead atoms. The van der Waals surface area contributed by atoms with E-state index in [4.69, 9.17) is 0 Å². The van der Waals surface area contributed by atoms with Crippen LogP contribution in [-0.4, -0.2) is 0 Å². The highest BCUT2D eigenvalue weighted by Crippen LogP contribution is 2.16. The normalized spacial score (nSPS) is 9.67. The van der Waals surface area contributed by atoms with Crippen molar-refractivity contribution in [3.05, 3.63) is 38.7 Å². The fraction of sp³-hybridized carbons (Fsp3) is 0. The molecule has 47 valence electrons. The van der Waals surface area contributed by atoms with Crippen molar-refractivity contribution in [1.82, 2.24) is 0 Å². The van der Waals surface area contributed by atoms with Crippen LogP contribution in [0.15, 0.2) is 22.7 Å². The molecule has 9 heavy (non-hydrogen) atoms. The molecule has 0 fully saturated rings. The summed E-state index contributed by atoms with van der Waals surface area (Å²) in [7, 11) is 0. The van der Waals surface area contributed by atoms with Crippen molar-refractivity contribution in [3.63, 3.8) is 0 Å². The van der Waals surface area contributed by atoms with Gasteiger partial charge in [-0.3, -0.25) is 0 Å². The van der Waals surface area contributed by atoms with Crippen LogP contribution in [0.2, 0.25) is 0 Å². The molecule has 0 atom stereocenters. The van der Waals surface area contributed by atoms with Gasteiger partial charge in [0.15, 0.2) is 0 Å². The van der Waals surface area contributed by atoms with Crippen molar-refractivity contribution in [3.8, 4) is 0 Å². The summed E-state index contributed by atoms with van der Waals surface area (Å²) in [5.41, 5.74) is 1.08. The molecule has 1 rings (SSSR count). The van der Waals surface area contributed by atoms with Crippen LogP contribution in [0, 0.1) is 10.5 Å². The summed E-state index contributed by atoms with van der Waals surface area (Å²) < 4.78 is 2.31. The third kappa shape index (κ3) is 1.93. The van der Waals surface area contributed by atoms with Crippen LogP contribution >= 0.6 is 38.5 Å². The molecule has 0 nitrogen and oxygen atoms in total. The molecule has 0 unspecified atom stereocenters. The molecule has 0 N–H and O–H groups in total. The van der Waals surface area contributed by atoms with Gasteiger partial charge in [-0.2, -0.15) is 0 Å². The van der Waals surface area contributed by atoms with E-state index in [2.05, 4.69) is 45.4 Å². The fourth-order valence-electron chi connectivity index (χ4n) is 0.522. The minimum atomic E-state index is 1.08. The quantitative estimate of drug-likeness (QED) is 0.645. The second-order valence-electron chi connectivity index (χ2n) is 1.74. The van der Waals surface area contributed by atoms with Gasteiger partial charge in [0.1, 0.15) is 0 Å². The predicted octanol–water partition coefficient (Wildman–Crippen LogP) is 3.24. The Kier molecular flexibility index (Phi) is 2.52. The summed E-state index contributed by atoms with van der Waals surface area (Å²) in [6.07, 6.45) is 0. The van der Waals surface area contributed by atoms with Crippen LogP contribution in [0.1, 0.15) is 5.56 Å². The molecule has 1 aromatic carbocycles. The summed E-state index contributed by atoms with van der Waals surface area (Å²) in [4.78, 5) is 0. The summed E-state index contributed by atoms with van der Waals surface area (Å²) in [6.45, 7) is 3.83. The third-order valence-corrected chi connectivity index (χ3v) is 2.51. The summed E-state index contributed by atoms with van der Waals surface area (Å²) in [5.74, 6) is 0. The summed E-state index contributed by atoms with van der Waals surface area (Å²) >= 11 is 5.62. The molecule has 1 aromatic rings. The molecular weight excluding hydrogens is 291 g/mol. The highest BCUT2D eigenvalue weighted by Gasteiger charge is 1.92. The van der Waals surface area contributed by atoms with Gasteiger partial charge in [0.2, 0.25) is 0 Å². The SMILES string of the molecule is [CH2]c1ccc(Br)cc1I. The molecule has 1 radical (unpaired) electrons. The van der Waals surface area contributed by atoms with E-state index in [9.17, 15) is 0 Å². The number of halogens is 2. The average Bonchev–Trinajstić information content (AvgIpc) is 1.80. The maximum absolute atomic E-state index is 3.83. The number of rotatable bonds is 0. The molecule has 0 heterocycles. The first kappa shape index (κ1) is 7.54.